The maximum absolute atomic E-state index is 10.3. The van der Waals surface area contributed by atoms with Crippen LogP contribution in [0.5, 0.6) is 0 Å². The Morgan fingerprint density at radius 2 is 1.20 bits per heavy atom. The molecule has 0 spiro atoms. The van der Waals surface area contributed by atoms with Crippen LogP contribution in [-0.2, 0) is 4.79 Å². The average molecular weight is 429 g/mol. The van der Waals surface area contributed by atoms with Crippen LogP contribution >= 0.6 is 0 Å². The SMILES string of the molecule is CCCCCCCC/C=C\CCCCCCCC(=O)O.O=C(O)c1ccccc1.[NaH]. The summed E-state index contributed by atoms with van der Waals surface area (Å²) in [5, 5.41) is 16.9. The summed E-state index contributed by atoms with van der Waals surface area (Å²) in [6, 6.07) is 8.30. The minimum absolute atomic E-state index is 0. The molecule has 0 radical (unpaired) electrons. The number of carboxylic acid groups (broad SMARTS) is 2. The zero-order valence-electron chi connectivity index (χ0n) is 18.2. The molecular weight excluding hydrogens is 387 g/mol. The molecule has 0 aliphatic carbocycles. The van der Waals surface area contributed by atoms with Gasteiger partial charge in [-0.3, -0.25) is 4.79 Å². The second-order valence-electron chi connectivity index (χ2n) is 7.40. The molecule has 2 N–H and O–H groups in total. The number of hydrogen-bond donors (Lipinski definition) is 2. The van der Waals surface area contributed by atoms with Gasteiger partial charge in [-0.2, -0.15) is 0 Å². The first-order chi connectivity index (χ1) is 14.1. The number of rotatable bonds is 16. The molecule has 0 aliphatic heterocycles. The average Bonchev–Trinajstić information content (AvgIpc) is 2.72. The van der Waals surface area contributed by atoms with Crippen molar-refractivity contribution in [3.8, 4) is 0 Å². The van der Waals surface area contributed by atoms with Gasteiger partial charge >= 0.3 is 41.5 Å². The van der Waals surface area contributed by atoms with Crippen LogP contribution in [0, 0.1) is 0 Å². The van der Waals surface area contributed by atoms with Gasteiger partial charge in [-0.25, -0.2) is 4.79 Å². The molecular formula is C25H41NaO4. The van der Waals surface area contributed by atoms with Crippen molar-refractivity contribution in [1.82, 2.24) is 0 Å². The van der Waals surface area contributed by atoms with Gasteiger partial charge in [-0.05, 0) is 44.2 Å². The third-order valence-electron chi connectivity index (χ3n) is 4.67. The predicted octanol–water partition coefficient (Wildman–Crippen LogP) is 6.84. The van der Waals surface area contributed by atoms with E-state index < -0.39 is 11.9 Å². The molecule has 0 saturated heterocycles. The quantitative estimate of drug-likeness (QED) is 0.172. The molecule has 0 amide bonds. The van der Waals surface area contributed by atoms with E-state index in [1.54, 1.807) is 30.3 Å². The minimum atomic E-state index is -0.879. The maximum atomic E-state index is 10.3. The molecule has 1 aromatic carbocycles. The van der Waals surface area contributed by atoms with Crippen molar-refractivity contribution < 1.29 is 19.8 Å². The second kappa shape index (κ2) is 24.2. The van der Waals surface area contributed by atoms with Gasteiger partial charge in [0, 0.05) is 6.42 Å². The van der Waals surface area contributed by atoms with Crippen LogP contribution in [0.25, 0.3) is 0 Å². The first kappa shape index (κ1) is 31.1. The Labute approximate surface area is 205 Å². The summed E-state index contributed by atoms with van der Waals surface area (Å²) >= 11 is 0. The summed E-state index contributed by atoms with van der Waals surface area (Å²) in [5.41, 5.74) is 0.331. The number of carbonyl (C=O) groups is 2. The van der Waals surface area contributed by atoms with E-state index in [4.69, 9.17) is 10.2 Å². The number of unbranched alkanes of at least 4 members (excludes halogenated alkanes) is 11. The molecule has 0 unspecified atom stereocenters. The van der Waals surface area contributed by atoms with Gasteiger partial charge in [-0.1, -0.05) is 88.6 Å². The molecule has 0 saturated carbocycles. The van der Waals surface area contributed by atoms with Gasteiger partial charge in [0.15, 0.2) is 0 Å². The van der Waals surface area contributed by atoms with Gasteiger partial charge in [0.1, 0.15) is 0 Å². The topological polar surface area (TPSA) is 74.6 Å². The van der Waals surface area contributed by atoms with E-state index >= 15 is 0 Å². The molecule has 0 fully saturated rings. The zero-order valence-corrected chi connectivity index (χ0v) is 18.2. The van der Waals surface area contributed by atoms with Gasteiger partial charge in [0.25, 0.3) is 0 Å². The van der Waals surface area contributed by atoms with Crippen LogP contribution in [0.1, 0.15) is 107 Å². The summed E-state index contributed by atoms with van der Waals surface area (Å²) < 4.78 is 0. The van der Waals surface area contributed by atoms with Crippen LogP contribution in [0.3, 0.4) is 0 Å². The van der Waals surface area contributed by atoms with Gasteiger partial charge in [0.05, 0.1) is 5.56 Å². The van der Waals surface area contributed by atoms with Gasteiger partial charge in [-0.15, -0.1) is 0 Å². The van der Waals surface area contributed by atoms with E-state index in [0.29, 0.717) is 12.0 Å². The predicted molar refractivity (Wildman–Crippen MR) is 128 cm³/mol. The molecule has 1 rings (SSSR count). The number of allylic oxidation sites excluding steroid dienone is 2. The number of carboxylic acids is 2. The number of hydrogen-bond acceptors (Lipinski definition) is 2. The molecule has 4 nitrogen and oxygen atoms in total. The summed E-state index contributed by atoms with van der Waals surface area (Å²) in [4.78, 5) is 20.5. The van der Waals surface area contributed by atoms with E-state index in [1.807, 2.05) is 0 Å². The summed E-state index contributed by atoms with van der Waals surface area (Å²) in [6.07, 6.45) is 21.2. The van der Waals surface area contributed by atoms with Crippen LogP contribution in [0.2, 0.25) is 0 Å². The monoisotopic (exact) mass is 428 g/mol. The summed E-state index contributed by atoms with van der Waals surface area (Å²) in [5.74, 6) is -1.54. The van der Waals surface area contributed by atoms with E-state index in [2.05, 4.69) is 19.1 Å². The molecule has 0 heterocycles. The van der Waals surface area contributed by atoms with E-state index in [0.717, 1.165) is 12.8 Å². The van der Waals surface area contributed by atoms with Crippen molar-refractivity contribution >= 4 is 41.5 Å². The number of benzene rings is 1. The molecule has 0 atom stereocenters. The first-order valence-corrected chi connectivity index (χ1v) is 11.2. The van der Waals surface area contributed by atoms with E-state index in [-0.39, 0.29) is 29.6 Å². The Kier molecular flexibility index (Phi) is 25.0. The van der Waals surface area contributed by atoms with Crippen molar-refractivity contribution in [2.45, 2.75) is 96.8 Å². The van der Waals surface area contributed by atoms with E-state index in [9.17, 15) is 9.59 Å². The fourth-order valence-electron chi connectivity index (χ4n) is 2.93. The third-order valence-corrected chi connectivity index (χ3v) is 4.67. The molecule has 1 aromatic rings. The fraction of sp³-hybridized carbons (Fsp3) is 0.600. The Balaban J connectivity index is 0. The Bertz CT molecular complexity index is 543. The molecule has 30 heavy (non-hydrogen) atoms. The Morgan fingerprint density at radius 1 is 0.733 bits per heavy atom. The van der Waals surface area contributed by atoms with E-state index in [1.165, 1.54) is 70.6 Å². The molecule has 5 heteroatoms. The molecule has 0 aromatic heterocycles. The fourth-order valence-corrected chi connectivity index (χ4v) is 2.93. The normalized spacial score (nSPS) is 10.2. The standard InChI is InChI=1S/C18H34O2.C7H6O2.Na.H/c1-2-3-4-5-6-7-8-9-10-11-12-13-14-15-16-17-18(19)20;8-7(9)6-4-2-1-3-5-6;;/h9-10H,2-8,11-17H2,1H3,(H,19,20);1-5H,(H,8,9);;/b10-9-;;;. The van der Waals surface area contributed by atoms with Crippen LogP contribution < -0.4 is 0 Å². The second-order valence-corrected chi connectivity index (χ2v) is 7.40. The Hall–Kier alpha value is -1.10. The Morgan fingerprint density at radius 3 is 1.63 bits per heavy atom. The summed E-state index contributed by atoms with van der Waals surface area (Å²) in [7, 11) is 0. The van der Waals surface area contributed by atoms with Crippen molar-refractivity contribution in [3.05, 3.63) is 48.0 Å². The van der Waals surface area contributed by atoms with Crippen LogP contribution in [0.15, 0.2) is 42.5 Å². The first-order valence-electron chi connectivity index (χ1n) is 11.2. The van der Waals surface area contributed by atoms with Crippen molar-refractivity contribution in [1.29, 1.82) is 0 Å². The summed E-state index contributed by atoms with van der Waals surface area (Å²) in [6.45, 7) is 2.26. The molecule has 0 aliphatic rings. The van der Waals surface area contributed by atoms with Crippen molar-refractivity contribution in [2.24, 2.45) is 0 Å². The zero-order chi connectivity index (χ0) is 21.6. The van der Waals surface area contributed by atoms with Gasteiger partial charge < -0.3 is 10.2 Å². The van der Waals surface area contributed by atoms with Crippen molar-refractivity contribution in [3.63, 3.8) is 0 Å². The van der Waals surface area contributed by atoms with Gasteiger partial charge in [0.2, 0.25) is 0 Å². The molecule has 166 valence electrons. The van der Waals surface area contributed by atoms with Crippen LogP contribution in [0.4, 0.5) is 0 Å². The molecule has 0 bridgehead atoms. The van der Waals surface area contributed by atoms with Crippen LogP contribution in [-0.4, -0.2) is 51.7 Å². The third kappa shape index (κ3) is 23.2. The number of aliphatic carboxylic acids is 1. The number of aromatic carboxylic acids is 1. The van der Waals surface area contributed by atoms with Crippen molar-refractivity contribution in [2.75, 3.05) is 0 Å².